The molecule has 192 valence electrons. The Morgan fingerprint density at radius 3 is 2.22 bits per heavy atom. The zero-order chi connectivity index (χ0) is 26.7. The highest BCUT2D eigenvalue weighted by atomic mass is 35.5. The van der Waals surface area contributed by atoms with Crippen LogP contribution in [0.5, 0.6) is 0 Å². The first kappa shape index (κ1) is 26.9. The number of amides is 1. The molecule has 0 saturated carbocycles. The van der Waals surface area contributed by atoms with E-state index in [1.165, 1.54) is 12.3 Å². The molecule has 9 heteroatoms. The first-order chi connectivity index (χ1) is 17.5. The van der Waals surface area contributed by atoms with Gasteiger partial charge in [-0.25, -0.2) is 8.42 Å². The maximum atomic E-state index is 12.9. The average molecular weight is 557 g/mol. The number of halogens is 2. The molecule has 0 radical (unpaired) electrons. The van der Waals surface area contributed by atoms with Gasteiger partial charge >= 0.3 is 0 Å². The average Bonchev–Trinajstić information content (AvgIpc) is 3.40. The van der Waals surface area contributed by atoms with Gasteiger partial charge in [0.1, 0.15) is 5.71 Å². The second-order valence-corrected chi connectivity index (χ2v) is 11.9. The molecular formula is C28H27Cl2N3O3S. The smallest absolute Gasteiger partial charge is 0.271 e. The van der Waals surface area contributed by atoms with Crippen LogP contribution in [0, 0.1) is 12.3 Å². The standard InChI is InChI=1S/C28H27Cl2N3O3S/c1-18-15-20(19-7-5-8-21(16-19)37(2,35)36)11-12-22(18)26(32-27-23(29)9-6-10-24(27)30)17-25(31)28(34)33-13-3-4-14-33/h5-12,15-17,31-32H,3-4,13-14H2,1-2H3/b26-17-,31-25?. The molecule has 1 amide bonds. The minimum atomic E-state index is -3.34. The molecule has 1 aliphatic heterocycles. The molecule has 0 atom stereocenters. The number of carbonyl (C=O) groups is 1. The summed E-state index contributed by atoms with van der Waals surface area (Å²) in [6, 6.07) is 17.6. The van der Waals surface area contributed by atoms with Gasteiger partial charge in [-0.05, 0) is 66.8 Å². The molecule has 1 heterocycles. The second kappa shape index (κ2) is 11.1. The van der Waals surface area contributed by atoms with Crippen LogP contribution in [0.3, 0.4) is 0 Å². The Hall–Kier alpha value is -3.13. The molecule has 0 spiro atoms. The van der Waals surface area contributed by atoms with E-state index in [1.807, 2.05) is 31.2 Å². The van der Waals surface area contributed by atoms with Crippen LogP contribution in [0.1, 0.15) is 24.0 Å². The molecule has 1 fully saturated rings. The van der Waals surface area contributed by atoms with Gasteiger partial charge < -0.3 is 10.2 Å². The highest BCUT2D eigenvalue weighted by molar-refractivity contribution is 7.90. The number of benzene rings is 3. The molecule has 0 aromatic heterocycles. The molecule has 0 unspecified atom stereocenters. The van der Waals surface area contributed by atoms with Crippen molar-refractivity contribution in [2.45, 2.75) is 24.7 Å². The van der Waals surface area contributed by atoms with Crippen LogP contribution >= 0.6 is 23.2 Å². The van der Waals surface area contributed by atoms with Crippen molar-refractivity contribution in [1.29, 1.82) is 5.41 Å². The van der Waals surface area contributed by atoms with Crippen LogP contribution in [0.25, 0.3) is 16.8 Å². The molecule has 3 aromatic rings. The number of nitrogens with zero attached hydrogens (tertiary/aromatic N) is 1. The molecular weight excluding hydrogens is 529 g/mol. The number of likely N-dealkylation sites (tertiary alicyclic amines) is 1. The van der Waals surface area contributed by atoms with Crippen LogP contribution in [0.4, 0.5) is 5.69 Å². The van der Waals surface area contributed by atoms with Crippen molar-refractivity contribution in [3.63, 3.8) is 0 Å². The molecule has 0 aliphatic carbocycles. The number of aryl methyl sites for hydroxylation is 1. The summed E-state index contributed by atoms with van der Waals surface area (Å²) in [6.07, 6.45) is 4.56. The van der Waals surface area contributed by atoms with Crippen molar-refractivity contribution < 1.29 is 13.2 Å². The summed E-state index contributed by atoms with van der Waals surface area (Å²) in [5.41, 5.74) is 4.04. The highest BCUT2D eigenvalue weighted by Gasteiger charge is 2.22. The fourth-order valence-electron chi connectivity index (χ4n) is 4.28. The third-order valence-electron chi connectivity index (χ3n) is 6.25. The SMILES string of the molecule is Cc1cc(-c2cccc(S(C)(=O)=O)c2)ccc1/C(=C/C(=N)C(=O)N1CCCC1)Nc1c(Cl)cccc1Cl. The van der Waals surface area contributed by atoms with Crippen LogP contribution < -0.4 is 5.32 Å². The summed E-state index contributed by atoms with van der Waals surface area (Å²) in [7, 11) is -3.34. The fraction of sp³-hybridized carbons (Fsp3) is 0.214. The highest BCUT2D eigenvalue weighted by Crippen LogP contribution is 2.34. The quantitative estimate of drug-likeness (QED) is 0.327. The van der Waals surface area contributed by atoms with Crippen molar-refractivity contribution in [1.82, 2.24) is 4.90 Å². The molecule has 1 saturated heterocycles. The molecule has 1 aliphatic rings. The zero-order valence-corrected chi connectivity index (χ0v) is 22.8. The first-order valence-electron chi connectivity index (χ1n) is 11.8. The molecule has 3 aromatic carbocycles. The summed E-state index contributed by atoms with van der Waals surface area (Å²) >= 11 is 12.8. The monoisotopic (exact) mass is 555 g/mol. The Labute approximate surface area is 227 Å². The molecule has 2 N–H and O–H groups in total. The summed E-state index contributed by atoms with van der Waals surface area (Å²) in [4.78, 5) is 14.8. The van der Waals surface area contributed by atoms with Crippen LogP contribution in [-0.4, -0.2) is 44.3 Å². The van der Waals surface area contributed by atoms with E-state index >= 15 is 0 Å². The van der Waals surface area contributed by atoms with Gasteiger partial charge in [0.2, 0.25) is 0 Å². The molecule has 4 rings (SSSR count). The maximum Gasteiger partial charge on any atom is 0.271 e. The van der Waals surface area contributed by atoms with Gasteiger partial charge in [-0.3, -0.25) is 10.2 Å². The van der Waals surface area contributed by atoms with Crippen LogP contribution in [0.15, 0.2) is 71.6 Å². The minimum Gasteiger partial charge on any atom is -0.353 e. The number of rotatable bonds is 7. The van der Waals surface area contributed by atoms with Crippen molar-refractivity contribution in [2.75, 3.05) is 24.7 Å². The lowest BCUT2D eigenvalue weighted by molar-refractivity contribution is -0.123. The number of hydrogen-bond acceptors (Lipinski definition) is 5. The van der Waals surface area contributed by atoms with Gasteiger partial charge in [0, 0.05) is 30.6 Å². The number of para-hydroxylation sites is 1. The van der Waals surface area contributed by atoms with Gasteiger partial charge in [0.15, 0.2) is 9.84 Å². The third kappa shape index (κ3) is 6.24. The summed E-state index contributed by atoms with van der Waals surface area (Å²) in [5, 5.41) is 12.6. The first-order valence-corrected chi connectivity index (χ1v) is 14.4. The Balaban J connectivity index is 1.75. The topological polar surface area (TPSA) is 90.3 Å². The predicted octanol–water partition coefficient (Wildman–Crippen LogP) is 6.47. The molecule has 0 bridgehead atoms. The van der Waals surface area contributed by atoms with Gasteiger partial charge in [-0.1, -0.05) is 59.6 Å². The van der Waals surface area contributed by atoms with Crippen LogP contribution in [-0.2, 0) is 14.6 Å². The Morgan fingerprint density at radius 1 is 0.973 bits per heavy atom. The Bertz CT molecular complexity index is 1490. The van der Waals surface area contributed by atoms with E-state index in [2.05, 4.69) is 5.32 Å². The van der Waals surface area contributed by atoms with E-state index in [0.29, 0.717) is 34.5 Å². The minimum absolute atomic E-state index is 0.142. The molecule has 6 nitrogen and oxygen atoms in total. The van der Waals surface area contributed by atoms with Crippen molar-refractivity contribution in [3.8, 4) is 11.1 Å². The maximum absolute atomic E-state index is 12.9. The van der Waals surface area contributed by atoms with Crippen molar-refractivity contribution in [3.05, 3.63) is 87.9 Å². The van der Waals surface area contributed by atoms with Gasteiger partial charge in [-0.2, -0.15) is 0 Å². The summed E-state index contributed by atoms with van der Waals surface area (Å²) in [5.74, 6) is -0.325. The number of anilines is 1. The zero-order valence-electron chi connectivity index (χ0n) is 20.5. The lowest BCUT2D eigenvalue weighted by Gasteiger charge is -2.19. The Morgan fingerprint density at radius 2 is 1.59 bits per heavy atom. The normalized spacial score (nSPS) is 14.1. The van der Waals surface area contributed by atoms with Gasteiger partial charge in [0.25, 0.3) is 5.91 Å². The van der Waals surface area contributed by atoms with E-state index in [1.54, 1.807) is 41.3 Å². The number of hydrogen-bond donors (Lipinski definition) is 2. The number of carbonyl (C=O) groups excluding carboxylic acids is 1. The van der Waals surface area contributed by atoms with E-state index < -0.39 is 9.84 Å². The molecule has 37 heavy (non-hydrogen) atoms. The van der Waals surface area contributed by atoms with Crippen LogP contribution in [0.2, 0.25) is 10.0 Å². The van der Waals surface area contributed by atoms with E-state index in [4.69, 9.17) is 28.6 Å². The van der Waals surface area contributed by atoms with E-state index in [0.717, 1.165) is 35.1 Å². The van der Waals surface area contributed by atoms with E-state index in [-0.39, 0.29) is 16.5 Å². The second-order valence-electron chi connectivity index (χ2n) is 9.02. The van der Waals surface area contributed by atoms with Crippen molar-refractivity contribution >= 4 is 56.0 Å². The van der Waals surface area contributed by atoms with Crippen molar-refractivity contribution in [2.24, 2.45) is 0 Å². The Kier molecular flexibility index (Phi) is 8.07. The third-order valence-corrected chi connectivity index (χ3v) is 7.99. The van der Waals surface area contributed by atoms with E-state index in [9.17, 15) is 13.2 Å². The number of nitrogens with one attached hydrogen (secondary N) is 2. The lowest BCUT2D eigenvalue weighted by atomic mass is 9.97. The summed E-state index contributed by atoms with van der Waals surface area (Å²) < 4.78 is 24.0. The largest absolute Gasteiger partial charge is 0.353 e. The van der Waals surface area contributed by atoms with Gasteiger partial charge in [-0.15, -0.1) is 0 Å². The number of sulfone groups is 1. The van der Waals surface area contributed by atoms with Gasteiger partial charge in [0.05, 0.1) is 20.6 Å². The fourth-order valence-corrected chi connectivity index (χ4v) is 5.44. The lowest BCUT2D eigenvalue weighted by Crippen LogP contribution is -2.33. The summed E-state index contributed by atoms with van der Waals surface area (Å²) in [6.45, 7) is 3.21. The predicted molar refractivity (Wildman–Crippen MR) is 151 cm³/mol.